The van der Waals surface area contributed by atoms with E-state index in [1.807, 2.05) is 6.92 Å². The van der Waals surface area contributed by atoms with Gasteiger partial charge in [-0.1, -0.05) is 13.8 Å². The summed E-state index contributed by atoms with van der Waals surface area (Å²) >= 11 is 0. The fourth-order valence-electron chi connectivity index (χ4n) is 2.98. The summed E-state index contributed by atoms with van der Waals surface area (Å²) in [6, 6.07) is 1.35. The van der Waals surface area contributed by atoms with Gasteiger partial charge in [-0.15, -0.1) is 0 Å². The SMILES string of the molecule is CCCNC1CCC(N(C)CC(C)C(=O)NC)CC1. The minimum Gasteiger partial charge on any atom is -0.359 e. The Balaban J connectivity index is 2.28. The molecule has 0 saturated heterocycles. The molecule has 1 rings (SSSR count). The highest BCUT2D eigenvalue weighted by Gasteiger charge is 2.25. The van der Waals surface area contributed by atoms with E-state index in [0.717, 1.165) is 13.1 Å². The number of amides is 1. The Morgan fingerprint density at radius 2 is 1.95 bits per heavy atom. The first-order valence-electron chi connectivity index (χ1n) is 7.73. The van der Waals surface area contributed by atoms with Crippen molar-refractivity contribution in [2.45, 2.75) is 58.0 Å². The van der Waals surface area contributed by atoms with E-state index in [9.17, 15) is 4.79 Å². The van der Waals surface area contributed by atoms with Gasteiger partial charge in [-0.2, -0.15) is 0 Å². The van der Waals surface area contributed by atoms with Crippen LogP contribution < -0.4 is 10.6 Å². The molecule has 0 aromatic heterocycles. The van der Waals surface area contributed by atoms with Crippen molar-refractivity contribution >= 4 is 5.91 Å². The van der Waals surface area contributed by atoms with E-state index in [4.69, 9.17) is 0 Å². The Hall–Kier alpha value is -0.610. The third-order valence-corrected chi connectivity index (χ3v) is 4.26. The zero-order valence-electron chi connectivity index (χ0n) is 13.0. The fourth-order valence-corrected chi connectivity index (χ4v) is 2.98. The molecule has 0 heterocycles. The molecule has 4 nitrogen and oxygen atoms in total. The van der Waals surface area contributed by atoms with Gasteiger partial charge in [0, 0.05) is 31.6 Å². The molecule has 4 heteroatoms. The van der Waals surface area contributed by atoms with Crippen LogP contribution in [0.5, 0.6) is 0 Å². The van der Waals surface area contributed by atoms with Crippen molar-refractivity contribution in [1.29, 1.82) is 0 Å². The van der Waals surface area contributed by atoms with Crippen LogP contribution in [-0.2, 0) is 4.79 Å². The molecule has 1 atom stereocenters. The zero-order chi connectivity index (χ0) is 14.3. The molecule has 1 unspecified atom stereocenters. The number of nitrogens with zero attached hydrogens (tertiary/aromatic N) is 1. The largest absolute Gasteiger partial charge is 0.359 e. The Morgan fingerprint density at radius 3 is 2.47 bits per heavy atom. The van der Waals surface area contributed by atoms with E-state index < -0.39 is 0 Å². The van der Waals surface area contributed by atoms with Gasteiger partial charge in [-0.3, -0.25) is 4.79 Å². The first kappa shape index (κ1) is 16.4. The number of hydrogen-bond acceptors (Lipinski definition) is 3. The fraction of sp³-hybridized carbons (Fsp3) is 0.933. The van der Waals surface area contributed by atoms with Gasteiger partial charge in [-0.05, 0) is 45.7 Å². The third-order valence-electron chi connectivity index (χ3n) is 4.26. The van der Waals surface area contributed by atoms with E-state index >= 15 is 0 Å². The maximum absolute atomic E-state index is 11.6. The van der Waals surface area contributed by atoms with Crippen LogP contribution in [-0.4, -0.2) is 50.1 Å². The van der Waals surface area contributed by atoms with Crippen molar-refractivity contribution in [1.82, 2.24) is 15.5 Å². The van der Waals surface area contributed by atoms with Gasteiger partial charge < -0.3 is 15.5 Å². The lowest BCUT2D eigenvalue weighted by molar-refractivity contribution is -0.124. The second-order valence-corrected chi connectivity index (χ2v) is 5.91. The molecule has 112 valence electrons. The maximum atomic E-state index is 11.6. The van der Waals surface area contributed by atoms with Gasteiger partial charge in [-0.25, -0.2) is 0 Å². The first-order chi connectivity index (χ1) is 9.08. The molecule has 1 aliphatic carbocycles. The van der Waals surface area contributed by atoms with Crippen LogP contribution in [0.2, 0.25) is 0 Å². The molecular weight excluding hydrogens is 238 g/mol. The first-order valence-corrected chi connectivity index (χ1v) is 7.73. The number of rotatable bonds is 7. The van der Waals surface area contributed by atoms with Crippen LogP contribution in [0, 0.1) is 5.92 Å². The molecule has 2 N–H and O–H groups in total. The standard InChI is InChI=1S/C15H31N3O/c1-5-10-17-13-6-8-14(9-7-13)18(4)11-12(2)15(19)16-3/h12-14,17H,5-11H2,1-4H3,(H,16,19). The molecule has 0 aromatic carbocycles. The van der Waals surface area contributed by atoms with Crippen molar-refractivity contribution in [3.63, 3.8) is 0 Å². The predicted molar refractivity (Wildman–Crippen MR) is 80.2 cm³/mol. The second-order valence-electron chi connectivity index (χ2n) is 5.91. The summed E-state index contributed by atoms with van der Waals surface area (Å²) in [6.07, 6.45) is 6.24. The second kappa shape index (κ2) is 8.54. The topological polar surface area (TPSA) is 44.4 Å². The molecule has 1 saturated carbocycles. The third kappa shape index (κ3) is 5.49. The van der Waals surface area contributed by atoms with Crippen molar-refractivity contribution < 1.29 is 4.79 Å². The van der Waals surface area contributed by atoms with E-state index in [0.29, 0.717) is 12.1 Å². The summed E-state index contributed by atoms with van der Waals surface area (Å²) in [5.41, 5.74) is 0. The number of nitrogens with one attached hydrogen (secondary N) is 2. The minimum atomic E-state index is 0.0749. The Labute approximate surface area is 118 Å². The van der Waals surface area contributed by atoms with E-state index in [2.05, 4.69) is 29.5 Å². The maximum Gasteiger partial charge on any atom is 0.223 e. The van der Waals surface area contributed by atoms with Gasteiger partial charge in [0.05, 0.1) is 0 Å². The van der Waals surface area contributed by atoms with Crippen LogP contribution in [0.1, 0.15) is 46.0 Å². The Kier molecular flexibility index (Phi) is 7.39. The van der Waals surface area contributed by atoms with E-state index in [1.165, 1.54) is 32.1 Å². The highest BCUT2D eigenvalue weighted by atomic mass is 16.1. The average molecular weight is 269 g/mol. The summed E-state index contributed by atoms with van der Waals surface area (Å²) in [7, 11) is 3.87. The van der Waals surface area contributed by atoms with Crippen LogP contribution >= 0.6 is 0 Å². The quantitative estimate of drug-likeness (QED) is 0.738. The van der Waals surface area contributed by atoms with Crippen LogP contribution in [0.15, 0.2) is 0 Å². The van der Waals surface area contributed by atoms with E-state index in [-0.39, 0.29) is 11.8 Å². The van der Waals surface area contributed by atoms with Crippen molar-refractivity contribution in [2.24, 2.45) is 5.92 Å². The highest BCUT2D eigenvalue weighted by molar-refractivity contribution is 5.78. The molecule has 0 radical (unpaired) electrons. The summed E-state index contributed by atoms with van der Waals surface area (Å²) in [5, 5.41) is 6.34. The van der Waals surface area contributed by atoms with Crippen molar-refractivity contribution in [3.05, 3.63) is 0 Å². The predicted octanol–water partition coefficient (Wildman–Crippen LogP) is 1.61. The average Bonchev–Trinajstić information content (AvgIpc) is 2.44. The summed E-state index contributed by atoms with van der Waals surface area (Å²) in [4.78, 5) is 13.9. The molecule has 0 bridgehead atoms. The molecule has 0 aliphatic heterocycles. The van der Waals surface area contributed by atoms with Gasteiger partial charge >= 0.3 is 0 Å². The molecule has 19 heavy (non-hydrogen) atoms. The molecular formula is C15H31N3O. The molecule has 0 aromatic rings. The van der Waals surface area contributed by atoms with Crippen LogP contribution in [0.25, 0.3) is 0 Å². The van der Waals surface area contributed by atoms with Crippen LogP contribution in [0.3, 0.4) is 0 Å². The lowest BCUT2D eigenvalue weighted by Gasteiger charge is -2.36. The van der Waals surface area contributed by atoms with Crippen molar-refractivity contribution in [3.8, 4) is 0 Å². The summed E-state index contributed by atoms with van der Waals surface area (Å²) < 4.78 is 0. The van der Waals surface area contributed by atoms with Gasteiger partial charge in [0.1, 0.15) is 0 Å². The summed E-state index contributed by atoms with van der Waals surface area (Å²) in [5.74, 6) is 0.219. The minimum absolute atomic E-state index is 0.0749. The monoisotopic (exact) mass is 269 g/mol. The highest BCUT2D eigenvalue weighted by Crippen LogP contribution is 2.23. The van der Waals surface area contributed by atoms with Gasteiger partial charge in [0.15, 0.2) is 0 Å². The zero-order valence-corrected chi connectivity index (χ0v) is 13.0. The number of carbonyl (C=O) groups is 1. The Morgan fingerprint density at radius 1 is 1.32 bits per heavy atom. The van der Waals surface area contributed by atoms with Gasteiger partial charge in [0.25, 0.3) is 0 Å². The smallest absolute Gasteiger partial charge is 0.223 e. The molecule has 1 fully saturated rings. The molecule has 0 spiro atoms. The normalized spacial score (nSPS) is 25.3. The number of carbonyl (C=O) groups excluding carboxylic acids is 1. The van der Waals surface area contributed by atoms with Crippen molar-refractivity contribution in [2.75, 3.05) is 27.2 Å². The van der Waals surface area contributed by atoms with Crippen LogP contribution in [0.4, 0.5) is 0 Å². The van der Waals surface area contributed by atoms with E-state index in [1.54, 1.807) is 7.05 Å². The lowest BCUT2D eigenvalue weighted by Crippen LogP contribution is -2.44. The van der Waals surface area contributed by atoms with Gasteiger partial charge in [0.2, 0.25) is 5.91 Å². The number of hydrogen-bond donors (Lipinski definition) is 2. The molecule has 1 amide bonds. The molecule has 1 aliphatic rings. The lowest BCUT2D eigenvalue weighted by atomic mass is 9.90. The Bertz CT molecular complexity index is 262. The summed E-state index contributed by atoms with van der Waals surface area (Å²) in [6.45, 7) is 6.21.